The van der Waals surface area contributed by atoms with E-state index in [4.69, 9.17) is 32.7 Å². The third kappa shape index (κ3) is 8.84. The van der Waals surface area contributed by atoms with Crippen LogP contribution in [0.3, 0.4) is 0 Å². The fourth-order valence-corrected chi connectivity index (χ4v) is 8.32. The minimum atomic E-state index is -4.31. The number of esters is 1. The number of aromatic nitrogens is 1. The van der Waals surface area contributed by atoms with Gasteiger partial charge in [-0.25, -0.2) is 13.2 Å². The average molecular weight is 742 g/mol. The fraction of sp³-hybridized carbons (Fsp3) is 0.379. The zero-order valence-electron chi connectivity index (χ0n) is 24.1. The van der Waals surface area contributed by atoms with E-state index >= 15 is 0 Å². The fourth-order valence-electron chi connectivity index (χ4n) is 4.68. The van der Waals surface area contributed by atoms with Crippen LogP contribution in [-0.2, 0) is 26.0 Å². The van der Waals surface area contributed by atoms with E-state index in [0.717, 1.165) is 65.6 Å². The Kier molecular flexibility index (Phi) is 11.2. The predicted molar refractivity (Wildman–Crippen MR) is 162 cm³/mol. The summed E-state index contributed by atoms with van der Waals surface area (Å²) in [5.74, 6) is -1.00. The lowest BCUT2D eigenvalue weighted by Gasteiger charge is -2.26. The molecular weight excluding hydrogens is 715 g/mol. The van der Waals surface area contributed by atoms with Gasteiger partial charge in [0.15, 0.2) is 29.3 Å². The zero-order valence-corrected chi connectivity index (χ0v) is 27.2. The number of halogens is 6. The number of hydrogen-bond donors (Lipinski definition) is 0. The predicted octanol–water partition coefficient (Wildman–Crippen LogP) is 6.21. The first-order chi connectivity index (χ1) is 22.3. The van der Waals surface area contributed by atoms with E-state index < -0.39 is 40.7 Å². The molecule has 18 heteroatoms. The number of rotatable bonds is 14. The number of nitrogens with zero attached hydrogens (tertiary/aromatic N) is 2. The topological polar surface area (TPSA) is 118 Å². The number of ether oxygens (including phenoxy) is 4. The number of benzene rings is 2. The van der Waals surface area contributed by atoms with Crippen LogP contribution in [0.5, 0.6) is 17.2 Å². The van der Waals surface area contributed by atoms with Gasteiger partial charge in [0.2, 0.25) is 10.0 Å². The van der Waals surface area contributed by atoms with Gasteiger partial charge in [0.1, 0.15) is 21.9 Å². The van der Waals surface area contributed by atoms with Crippen molar-refractivity contribution in [2.75, 3.05) is 18.9 Å². The van der Waals surface area contributed by atoms with Gasteiger partial charge in [-0.05, 0) is 60.7 Å². The van der Waals surface area contributed by atoms with Crippen LogP contribution in [0.15, 0.2) is 59.8 Å². The SMILES string of the molecule is O=C(OC(Cc1c(Cl)c[n+]([O-])cc1Cl)c1ccc(OC(F)F)c(OCC2CC2)c1)C1SCCN1S(=O)(=O)c1ccc(OC(F)F)cc1. The summed E-state index contributed by atoms with van der Waals surface area (Å²) in [6.07, 6.45) is 2.51. The molecule has 0 radical (unpaired) electrons. The minimum Gasteiger partial charge on any atom is -0.619 e. The lowest BCUT2D eigenvalue weighted by atomic mass is 10.0. The molecule has 5 rings (SSSR count). The zero-order chi connectivity index (χ0) is 33.9. The molecule has 0 amide bonds. The summed E-state index contributed by atoms with van der Waals surface area (Å²) in [6, 6.07) is 8.26. The van der Waals surface area contributed by atoms with Crippen LogP contribution in [0.1, 0.15) is 30.1 Å². The Balaban J connectivity index is 1.44. The van der Waals surface area contributed by atoms with E-state index in [1.165, 1.54) is 18.2 Å². The van der Waals surface area contributed by atoms with Crippen LogP contribution in [0.4, 0.5) is 17.6 Å². The normalized spacial score (nSPS) is 17.6. The van der Waals surface area contributed by atoms with Crippen LogP contribution in [0, 0.1) is 11.1 Å². The number of carbonyl (C=O) groups is 1. The maximum absolute atomic E-state index is 13.7. The van der Waals surface area contributed by atoms with Crippen molar-refractivity contribution < 1.29 is 54.5 Å². The third-order valence-electron chi connectivity index (χ3n) is 7.14. The van der Waals surface area contributed by atoms with E-state index in [-0.39, 0.29) is 74.6 Å². The molecule has 1 aliphatic carbocycles. The Bertz CT molecular complexity index is 1680. The third-order valence-corrected chi connectivity index (χ3v) is 11.0. The number of sulfonamides is 1. The molecule has 10 nitrogen and oxygen atoms in total. The Morgan fingerprint density at radius 1 is 1.00 bits per heavy atom. The molecular formula is C29H26Cl2F4N2O8S2. The van der Waals surface area contributed by atoms with Crippen LogP contribution < -0.4 is 18.9 Å². The summed E-state index contributed by atoms with van der Waals surface area (Å²) in [4.78, 5) is 13.4. The summed E-state index contributed by atoms with van der Waals surface area (Å²) < 4.78 is 100. The molecule has 2 fully saturated rings. The van der Waals surface area contributed by atoms with E-state index in [1.54, 1.807) is 0 Å². The van der Waals surface area contributed by atoms with Gasteiger partial charge in [0.05, 0.1) is 11.5 Å². The van der Waals surface area contributed by atoms with Gasteiger partial charge in [0.25, 0.3) is 0 Å². The second-order valence-corrected chi connectivity index (χ2v) is 14.3. The molecule has 0 N–H and O–H groups in total. The highest BCUT2D eigenvalue weighted by molar-refractivity contribution is 8.02. The van der Waals surface area contributed by atoms with Gasteiger partial charge in [-0.3, -0.25) is 0 Å². The molecule has 1 saturated heterocycles. The van der Waals surface area contributed by atoms with Gasteiger partial charge in [-0.1, -0.05) is 29.3 Å². The van der Waals surface area contributed by atoms with Crippen LogP contribution in [-0.4, -0.2) is 56.2 Å². The quantitative estimate of drug-likeness (QED) is 0.0823. The van der Waals surface area contributed by atoms with Gasteiger partial charge >= 0.3 is 19.2 Å². The van der Waals surface area contributed by atoms with Crippen molar-refractivity contribution in [3.05, 3.63) is 81.2 Å². The van der Waals surface area contributed by atoms with Gasteiger partial charge in [-0.15, -0.1) is 11.8 Å². The molecule has 47 heavy (non-hydrogen) atoms. The van der Waals surface area contributed by atoms with Gasteiger partial charge < -0.3 is 24.2 Å². The molecule has 3 aromatic rings. The van der Waals surface area contributed by atoms with Crippen molar-refractivity contribution in [1.29, 1.82) is 0 Å². The van der Waals surface area contributed by atoms with Crippen molar-refractivity contribution in [2.45, 2.75) is 48.9 Å². The molecule has 1 aliphatic heterocycles. The van der Waals surface area contributed by atoms with Crippen molar-refractivity contribution >= 4 is 51.0 Å². The first-order valence-corrected chi connectivity index (χ1v) is 17.2. The van der Waals surface area contributed by atoms with E-state index in [1.807, 2.05) is 0 Å². The number of pyridine rings is 1. The highest BCUT2D eigenvalue weighted by atomic mass is 35.5. The molecule has 1 aromatic heterocycles. The lowest BCUT2D eigenvalue weighted by molar-refractivity contribution is -0.605. The molecule has 0 spiro atoms. The van der Waals surface area contributed by atoms with Crippen molar-refractivity contribution in [1.82, 2.24) is 4.31 Å². The molecule has 254 valence electrons. The van der Waals surface area contributed by atoms with Crippen molar-refractivity contribution in [3.63, 3.8) is 0 Å². The van der Waals surface area contributed by atoms with Gasteiger partial charge in [0, 0.05) is 24.3 Å². The summed E-state index contributed by atoms with van der Waals surface area (Å²) in [6.45, 7) is -6.06. The molecule has 1 saturated carbocycles. The first kappa shape index (κ1) is 35.1. The monoisotopic (exact) mass is 740 g/mol. The molecule has 2 unspecified atom stereocenters. The number of thioether (sulfide) groups is 1. The Morgan fingerprint density at radius 3 is 2.28 bits per heavy atom. The standard InChI is InChI=1S/C29H26Cl2F4N2O8S2/c30-21-13-36(39)14-22(31)20(21)12-24(17-3-8-23(45-29(34)35)25(11-17)42-15-16-1-2-16)44-27(38)26-37(9-10-46-26)47(40,41)19-6-4-18(5-7-19)43-28(32)33/h3-8,11,13-14,16,24,26,28-29H,1-2,9-10,12,15H2. The van der Waals surface area contributed by atoms with E-state index in [0.29, 0.717) is 4.73 Å². The second kappa shape index (κ2) is 14.9. The smallest absolute Gasteiger partial charge is 0.387 e. The molecule has 2 aliphatic rings. The Hall–Kier alpha value is -3.18. The van der Waals surface area contributed by atoms with Crippen LogP contribution in [0.25, 0.3) is 0 Å². The second-order valence-electron chi connectivity index (χ2n) is 10.5. The molecule has 2 aromatic carbocycles. The molecule has 2 atom stereocenters. The summed E-state index contributed by atoms with van der Waals surface area (Å²) in [5, 5.41) is 10.4. The molecule has 0 bridgehead atoms. The Morgan fingerprint density at radius 2 is 1.66 bits per heavy atom. The van der Waals surface area contributed by atoms with Crippen LogP contribution >= 0.6 is 35.0 Å². The van der Waals surface area contributed by atoms with E-state index in [2.05, 4.69) is 9.47 Å². The van der Waals surface area contributed by atoms with Gasteiger partial charge in [-0.2, -0.15) is 26.6 Å². The highest BCUT2D eigenvalue weighted by Crippen LogP contribution is 2.39. The number of alkyl halides is 4. The van der Waals surface area contributed by atoms with Crippen molar-refractivity contribution in [3.8, 4) is 17.2 Å². The summed E-state index contributed by atoms with van der Waals surface area (Å²) in [7, 11) is -4.31. The minimum absolute atomic E-state index is 0.0304. The number of carbonyl (C=O) groups excluding carboxylic acids is 1. The lowest BCUT2D eigenvalue weighted by Crippen LogP contribution is -2.40. The van der Waals surface area contributed by atoms with Crippen molar-refractivity contribution in [2.24, 2.45) is 5.92 Å². The van der Waals surface area contributed by atoms with E-state index in [9.17, 15) is 36.0 Å². The Labute approximate surface area is 281 Å². The highest BCUT2D eigenvalue weighted by Gasteiger charge is 2.42. The first-order valence-electron chi connectivity index (χ1n) is 14.0. The largest absolute Gasteiger partial charge is 0.619 e. The summed E-state index contributed by atoms with van der Waals surface area (Å²) in [5.41, 5.74) is 0.477. The average Bonchev–Trinajstić information content (AvgIpc) is 3.69. The number of hydrogen-bond acceptors (Lipinski definition) is 9. The van der Waals surface area contributed by atoms with Crippen LogP contribution in [0.2, 0.25) is 10.0 Å². The summed E-state index contributed by atoms with van der Waals surface area (Å²) >= 11 is 13.6. The maximum atomic E-state index is 13.7. The maximum Gasteiger partial charge on any atom is 0.387 e. The molecule has 2 heterocycles.